The van der Waals surface area contributed by atoms with Gasteiger partial charge in [-0.2, -0.15) is 16.2 Å². The molecule has 1 aromatic heterocycles. The molecule has 174 valence electrons. The Labute approximate surface area is 194 Å². The zero-order valence-corrected chi connectivity index (χ0v) is 19.5. The summed E-state index contributed by atoms with van der Waals surface area (Å²) in [6, 6.07) is 16.8. The van der Waals surface area contributed by atoms with Crippen LogP contribution in [0.3, 0.4) is 0 Å². The summed E-state index contributed by atoms with van der Waals surface area (Å²) in [4.78, 5) is 13.2. The highest BCUT2D eigenvalue weighted by Crippen LogP contribution is 2.28. The molecule has 33 heavy (non-hydrogen) atoms. The molecule has 3 aromatic rings. The molecule has 0 spiro atoms. The second-order valence-corrected chi connectivity index (χ2v) is 8.38. The largest absolute Gasteiger partial charge is 0.346 e. The first-order valence-electron chi connectivity index (χ1n) is 11.7. The normalized spacial score (nSPS) is 15.5. The molecule has 1 saturated heterocycles. The Hall–Kier alpha value is -3.04. The van der Waals surface area contributed by atoms with E-state index in [2.05, 4.69) is 84.2 Å². The van der Waals surface area contributed by atoms with Gasteiger partial charge in [-0.05, 0) is 48.1 Å². The molecule has 8 heteroatoms. The Morgan fingerprint density at radius 1 is 1.06 bits per heavy atom. The number of benzene rings is 2. The van der Waals surface area contributed by atoms with Gasteiger partial charge in [0, 0.05) is 0 Å². The highest BCUT2D eigenvalue weighted by molar-refractivity contribution is 5.68. The molecule has 0 amide bonds. The number of nitrogens with zero attached hydrogens (tertiary/aromatic N) is 3. The zero-order chi connectivity index (χ0) is 23.2. The van der Waals surface area contributed by atoms with Crippen LogP contribution in [0, 0.1) is 0 Å². The fourth-order valence-electron chi connectivity index (χ4n) is 4.14. The van der Waals surface area contributed by atoms with Crippen LogP contribution in [0.2, 0.25) is 0 Å². The summed E-state index contributed by atoms with van der Waals surface area (Å²) in [6.45, 7) is 6.75. The molecule has 1 fully saturated rings. The first kappa shape index (κ1) is 23.1. The van der Waals surface area contributed by atoms with Crippen molar-refractivity contribution < 1.29 is 0 Å². The standard InChI is InChI=1S/C25H33N7O/c1-4-6-12-23-28-32(18(3)9-5-2)25(33)31(23)17-19-13-15-20(16-14-19)21-10-7-8-11-22(21)24-26-29-30-27-24/h6-8,10-16,18,24,26-27,29-30H,4-5,9,17H2,1-3H3/b12-6+. The lowest BCUT2D eigenvalue weighted by atomic mass is 9.97. The minimum Gasteiger partial charge on any atom is -0.271 e. The lowest BCUT2D eigenvalue weighted by Crippen LogP contribution is -2.33. The number of aromatic nitrogens is 3. The fraction of sp³-hybridized carbons (Fsp3) is 0.360. The van der Waals surface area contributed by atoms with Crippen LogP contribution in [0.4, 0.5) is 0 Å². The SMILES string of the molecule is CC/C=C/c1nn(C(C)CCC)c(=O)n1Cc1ccc(-c2ccccc2C2NNNN2)cc1. The lowest BCUT2D eigenvalue weighted by molar-refractivity contribution is 0.437. The van der Waals surface area contributed by atoms with Gasteiger partial charge >= 0.3 is 5.69 Å². The van der Waals surface area contributed by atoms with E-state index in [4.69, 9.17) is 0 Å². The van der Waals surface area contributed by atoms with Crippen molar-refractivity contribution in [2.45, 2.75) is 58.8 Å². The minimum absolute atomic E-state index is 0.0386. The molecule has 4 N–H and O–H groups in total. The average molecular weight is 448 g/mol. The number of nitrogens with one attached hydrogen (secondary N) is 4. The Morgan fingerprint density at radius 3 is 2.48 bits per heavy atom. The molecule has 1 unspecified atom stereocenters. The summed E-state index contributed by atoms with van der Waals surface area (Å²) in [5.74, 6) is 0.706. The van der Waals surface area contributed by atoms with Crippen LogP contribution in [-0.4, -0.2) is 14.3 Å². The van der Waals surface area contributed by atoms with E-state index < -0.39 is 0 Å². The topological polar surface area (TPSA) is 87.9 Å². The maximum atomic E-state index is 13.2. The quantitative estimate of drug-likeness (QED) is 0.400. The van der Waals surface area contributed by atoms with Crippen molar-refractivity contribution >= 4 is 6.08 Å². The minimum atomic E-state index is -0.0560. The highest BCUT2D eigenvalue weighted by atomic mass is 16.2. The van der Waals surface area contributed by atoms with E-state index in [0.717, 1.165) is 41.5 Å². The van der Waals surface area contributed by atoms with Gasteiger partial charge in [-0.15, -0.1) is 0 Å². The van der Waals surface area contributed by atoms with Gasteiger partial charge in [0.25, 0.3) is 0 Å². The predicted octanol–water partition coefficient (Wildman–Crippen LogP) is 3.66. The summed E-state index contributed by atoms with van der Waals surface area (Å²) in [6.07, 6.45) is 6.80. The molecule has 2 aromatic carbocycles. The molecular weight excluding hydrogens is 414 g/mol. The van der Waals surface area contributed by atoms with Gasteiger partial charge in [0.1, 0.15) is 6.17 Å². The monoisotopic (exact) mass is 447 g/mol. The van der Waals surface area contributed by atoms with Crippen LogP contribution in [0.25, 0.3) is 17.2 Å². The van der Waals surface area contributed by atoms with Gasteiger partial charge in [0.2, 0.25) is 0 Å². The maximum Gasteiger partial charge on any atom is 0.346 e. The smallest absolute Gasteiger partial charge is 0.271 e. The zero-order valence-electron chi connectivity index (χ0n) is 19.5. The molecule has 0 saturated carbocycles. The summed E-state index contributed by atoms with van der Waals surface area (Å²) in [7, 11) is 0. The number of rotatable bonds is 9. The first-order chi connectivity index (χ1) is 16.1. The number of hydrogen-bond acceptors (Lipinski definition) is 6. The molecule has 1 aliphatic heterocycles. The van der Waals surface area contributed by atoms with Crippen LogP contribution in [-0.2, 0) is 6.54 Å². The van der Waals surface area contributed by atoms with Crippen molar-refractivity contribution in [1.82, 2.24) is 36.3 Å². The Kier molecular flexibility index (Phi) is 7.51. The molecule has 8 nitrogen and oxygen atoms in total. The molecule has 2 heterocycles. The first-order valence-corrected chi connectivity index (χ1v) is 11.7. The van der Waals surface area contributed by atoms with Crippen molar-refractivity contribution in [2.24, 2.45) is 0 Å². The second-order valence-electron chi connectivity index (χ2n) is 8.38. The molecule has 0 radical (unpaired) electrons. The van der Waals surface area contributed by atoms with Crippen molar-refractivity contribution in [3.8, 4) is 11.1 Å². The number of hydrazine groups is 3. The Morgan fingerprint density at radius 2 is 1.79 bits per heavy atom. The van der Waals surface area contributed by atoms with E-state index >= 15 is 0 Å². The van der Waals surface area contributed by atoms with Crippen LogP contribution < -0.4 is 27.6 Å². The van der Waals surface area contributed by atoms with E-state index in [0.29, 0.717) is 12.4 Å². The maximum absolute atomic E-state index is 13.2. The third-order valence-corrected chi connectivity index (χ3v) is 5.91. The average Bonchev–Trinajstić information content (AvgIpc) is 3.48. The van der Waals surface area contributed by atoms with Gasteiger partial charge in [-0.3, -0.25) is 4.57 Å². The molecule has 1 aliphatic rings. The third-order valence-electron chi connectivity index (χ3n) is 5.91. The Balaban J connectivity index is 1.61. The van der Waals surface area contributed by atoms with Crippen molar-refractivity contribution in [3.63, 3.8) is 0 Å². The second kappa shape index (κ2) is 10.7. The van der Waals surface area contributed by atoms with Crippen molar-refractivity contribution in [1.29, 1.82) is 0 Å². The van der Waals surface area contributed by atoms with Crippen molar-refractivity contribution in [2.75, 3.05) is 0 Å². The number of allylic oxidation sites excluding steroid dienone is 1. The van der Waals surface area contributed by atoms with Crippen LogP contribution in [0.5, 0.6) is 0 Å². The van der Waals surface area contributed by atoms with E-state index in [1.165, 1.54) is 0 Å². The van der Waals surface area contributed by atoms with E-state index in [1.54, 1.807) is 9.25 Å². The summed E-state index contributed by atoms with van der Waals surface area (Å²) < 4.78 is 3.40. The summed E-state index contributed by atoms with van der Waals surface area (Å²) in [5, 5.41) is 4.64. The van der Waals surface area contributed by atoms with Crippen LogP contribution in [0.1, 0.15) is 69.2 Å². The van der Waals surface area contributed by atoms with Crippen LogP contribution in [0.15, 0.2) is 59.4 Å². The molecule has 0 bridgehead atoms. The van der Waals surface area contributed by atoms with E-state index in [-0.39, 0.29) is 17.9 Å². The van der Waals surface area contributed by atoms with Gasteiger partial charge in [-0.25, -0.2) is 20.3 Å². The molecule has 4 rings (SSSR count). The fourth-order valence-corrected chi connectivity index (χ4v) is 4.14. The molecule has 1 atom stereocenters. The Bertz CT molecular complexity index is 1140. The third kappa shape index (κ3) is 5.15. The summed E-state index contributed by atoms with van der Waals surface area (Å²) >= 11 is 0. The molecular formula is C25H33N7O. The molecule has 0 aliphatic carbocycles. The van der Waals surface area contributed by atoms with E-state index in [9.17, 15) is 4.79 Å². The van der Waals surface area contributed by atoms with E-state index in [1.807, 2.05) is 24.3 Å². The highest BCUT2D eigenvalue weighted by Gasteiger charge is 2.19. The van der Waals surface area contributed by atoms with Gasteiger partial charge in [0.05, 0.1) is 12.6 Å². The lowest BCUT2D eigenvalue weighted by Gasteiger charge is -2.15. The van der Waals surface area contributed by atoms with Gasteiger partial charge in [-0.1, -0.05) is 74.9 Å². The van der Waals surface area contributed by atoms with Gasteiger partial charge in [0.15, 0.2) is 5.82 Å². The van der Waals surface area contributed by atoms with Crippen molar-refractivity contribution in [3.05, 3.63) is 82.0 Å². The summed E-state index contributed by atoms with van der Waals surface area (Å²) in [5.41, 5.74) is 16.5. The van der Waals surface area contributed by atoms with Gasteiger partial charge < -0.3 is 0 Å². The van der Waals surface area contributed by atoms with Crippen LogP contribution >= 0.6 is 0 Å². The number of hydrogen-bond donors (Lipinski definition) is 4. The predicted molar refractivity (Wildman–Crippen MR) is 132 cm³/mol.